The largest absolute Gasteiger partial charge is 0.508 e. The molecule has 6 atom stereocenters. The van der Waals surface area contributed by atoms with Crippen molar-refractivity contribution in [2.24, 2.45) is 35.5 Å². The average Bonchev–Trinajstić information content (AvgIpc) is 2.97. The molecule has 0 aromatic heterocycles. The minimum absolute atomic E-state index is 0.455. The topological polar surface area (TPSA) is 40.5 Å². The highest BCUT2D eigenvalue weighted by Crippen LogP contribution is 2.50. The first-order valence-electron chi connectivity index (χ1n) is 19.0. The molecular formula is C42H68O2S2. The number of unbranched alkanes of at least 4 members (excludes halogenated alkanes) is 4. The summed E-state index contributed by atoms with van der Waals surface area (Å²) in [6.07, 6.45) is 17.0. The lowest BCUT2D eigenvalue weighted by Crippen LogP contribution is -2.26. The SMILES string of the molecule is CCCCCc1cc(O)c([C@@H]2C[C@@H](C)CC[C@H]2C(C)C)c(S)c1.CCCCCc1cc(O)c([C@@H]2C[C@H](C)CC[C@H]2C(C)C)c(S)c1. The molecule has 2 aromatic carbocycles. The zero-order valence-electron chi connectivity index (χ0n) is 30.6. The van der Waals surface area contributed by atoms with Crippen LogP contribution in [-0.4, -0.2) is 10.2 Å². The first-order valence-corrected chi connectivity index (χ1v) is 19.9. The van der Waals surface area contributed by atoms with E-state index in [1.54, 1.807) is 0 Å². The second-order valence-corrected chi connectivity index (χ2v) is 16.8. The summed E-state index contributed by atoms with van der Waals surface area (Å²) in [7, 11) is 0. The fourth-order valence-corrected chi connectivity index (χ4v) is 9.53. The van der Waals surface area contributed by atoms with Gasteiger partial charge in [0.2, 0.25) is 0 Å². The van der Waals surface area contributed by atoms with Gasteiger partial charge in [-0.3, -0.25) is 0 Å². The van der Waals surface area contributed by atoms with Gasteiger partial charge in [-0.2, -0.15) is 0 Å². The number of phenols is 2. The Balaban J connectivity index is 0.000000250. The molecule has 0 spiro atoms. The van der Waals surface area contributed by atoms with Crippen LogP contribution in [-0.2, 0) is 12.8 Å². The fraction of sp³-hybridized carbons (Fsp3) is 0.714. The van der Waals surface area contributed by atoms with E-state index in [1.165, 1.54) is 88.2 Å². The molecule has 4 heteroatoms. The predicted octanol–water partition coefficient (Wildman–Crippen LogP) is 13.2. The molecule has 2 saturated carbocycles. The van der Waals surface area contributed by atoms with Crippen molar-refractivity contribution in [2.75, 3.05) is 0 Å². The van der Waals surface area contributed by atoms with Gasteiger partial charge in [0, 0.05) is 20.9 Å². The Labute approximate surface area is 294 Å². The third-order valence-corrected chi connectivity index (χ3v) is 12.1. The van der Waals surface area contributed by atoms with E-state index in [1.807, 2.05) is 12.1 Å². The molecule has 0 radical (unpaired) electrons. The zero-order valence-corrected chi connectivity index (χ0v) is 32.4. The van der Waals surface area contributed by atoms with Gasteiger partial charge in [-0.25, -0.2) is 0 Å². The van der Waals surface area contributed by atoms with Gasteiger partial charge in [-0.05, 0) is 134 Å². The van der Waals surface area contributed by atoms with E-state index < -0.39 is 0 Å². The molecule has 2 aliphatic rings. The molecule has 2 N–H and O–H groups in total. The van der Waals surface area contributed by atoms with Gasteiger partial charge in [-0.15, -0.1) is 25.3 Å². The summed E-state index contributed by atoms with van der Waals surface area (Å²) in [5.74, 6) is 5.99. The molecule has 2 aliphatic carbocycles. The van der Waals surface area contributed by atoms with Crippen molar-refractivity contribution in [1.29, 1.82) is 0 Å². The lowest BCUT2D eigenvalue weighted by molar-refractivity contribution is 0.192. The minimum atomic E-state index is 0.455. The minimum Gasteiger partial charge on any atom is -0.508 e. The molecule has 2 fully saturated rings. The monoisotopic (exact) mass is 668 g/mol. The van der Waals surface area contributed by atoms with Crippen molar-refractivity contribution in [2.45, 2.75) is 167 Å². The summed E-state index contributed by atoms with van der Waals surface area (Å²) >= 11 is 9.54. The van der Waals surface area contributed by atoms with Gasteiger partial charge in [0.05, 0.1) is 0 Å². The molecule has 0 unspecified atom stereocenters. The molecule has 0 bridgehead atoms. The van der Waals surface area contributed by atoms with Gasteiger partial charge in [0.15, 0.2) is 0 Å². The molecule has 0 aliphatic heterocycles. The Morgan fingerprint density at radius 2 is 0.978 bits per heavy atom. The van der Waals surface area contributed by atoms with Crippen molar-refractivity contribution in [1.82, 2.24) is 0 Å². The van der Waals surface area contributed by atoms with Crippen LogP contribution in [0, 0.1) is 35.5 Å². The summed E-state index contributed by atoms with van der Waals surface area (Å²) in [6, 6.07) is 8.40. The maximum atomic E-state index is 10.7. The maximum Gasteiger partial charge on any atom is 0.120 e. The summed E-state index contributed by atoms with van der Waals surface area (Å²) in [5, 5.41) is 21.4. The lowest BCUT2D eigenvalue weighted by Gasteiger charge is -2.38. The number of rotatable bonds is 12. The fourth-order valence-electron chi connectivity index (χ4n) is 8.63. The van der Waals surface area contributed by atoms with Crippen LogP contribution in [0.4, 0.5) is 0 Å². The van der Waals surface area contributed by atoms with Crippen LogP contribution in [0.3, 0.4) is 0 Å². The van der Waals surface area contributed by atoms with E-state index in [2.05, 4.69) is 67.5 Å². The van der Waals surface area contributed by atoms with Gasteiger partial charge in [0.1, 0.15) is 11.5 Å². The van der Waals surface area contributed by atoms with E-state index >= 15 is 0 Å². The Morgan fingerprint density at radius 1 is 0.609 bits per heavy atom. The van der Waals surface area contributed by atoms with Crippen molar-refractivity contribution in [3.05, 3.63) is 46.5 Å². The molecule has 0 amide bonds. The summed E-state index contributed by atoms with van der Waals surface area (Å²) in [5.41, 5.74) is 4.68. The third kappa shape index (κ3) is 10.9. The first kappa shape index (κ1) is 39.2. The Morgan fingerprint density at radius 3 is 1.28 bits per heavy atom. The Bertz CT molecular complexity index is 1060. The van der Waals surface area contributed by atoms with Crippen molar-refractivity contribution in [3.63, 3.8) is 0 Å². The predicted molar refractivity (Wildman–Crippen MR) is 205 cm³/mol. The highest BCUT2D eigenvalue weighted by atomic mass is 32.1. The maximum absolute atomic E-state index is 10.7. The quantitative estimate of drug-likeness (QED) is 0.134. The van der Waals surface area contributed by atoms with Crippen molar-refractivity contribution < 1.29 is 10.2 Å². The Hall–Kier alpha value is -1.26. The first-order chi connectivity index (χ1) is 21.9. The zero-order chi connectivity index (χ0) is 34.0. The highest BCUT2D eigenvalue weighted by molar-refractivity contribution is 7.80. The molecule has 2 aromatic rings. The van der Waals surface area contributed by atoms with Gasteiger partial charge in [0.25, 0.3) is 0 Å². The molecule has 2 nitrogen and oxygen atoms in total. The number of thiol groups is 2. The number of hydrogen-bond donors (Lipinski definition) is 4. The molecular weight excluding hydrogens is 601 g/mol. The lowest BCUT2D eigenvalue weighted by atomic mass is 9.67. The highest BCUT2D eigenvalue weighted by Gasteiger charge is 2.35. The molecule has 260 valence electrons. The summed E-state index contributed by atoms with van der Waals surface area (Å²) in [4.78, 5) is 2.00. The van der Waals surface area contributed by atoms with Gasteiger partial charge in [-0.1, -0.05) is 93.9 Å². The van der Waals surface area contributed by atoms with E-state index in [-0.39, 0.29) is 0 Å². The van der Waals surface area contributed by atoms with Crippen LogP contribution in [0.2, 0.25) is 0 Å². The second-order valence-electron chi connectivity index (χ2n) is 15.9. The number of hydrogen-bond acceptors (Lipinski definition) is 4. The molecule has 4 rings (SSSR count). The van der Waals surface area contributed by atoms with E-state index in [4.69, 9.17) is 25.3 Å². The van der Waals surface area contributed by atoms with Crippen LogP contribution in [0.15, 0.2) is 34.1 Å². The molecule has 0 saturated heterocycles. The molecule has 0 heterocycles. The number of benzene rings is 2. The summed E-state index contributed by atoms with van der Waals surface area (Å²) < 4.78 is 0. The third-order valence-electron chi connectivity index (χ3n) is 11.3. The van der Waals surface area contributed by atoms with Crippen LogP contribution >= 0.6 is 25.3 Å². The smallest absolute Gasteiger partial charge is 0.120 e. The van der Waals surface area contributed by atoms with E-state index in [0.29, 0.717) is 47.0 Å². The Kier molecular flexibility index (Phi) is 16.2. The van der Waals surface area contributed by atoms with Crippen LogP contribution in [0.5, 0.6) is 11.5 Å². The van der Waals surface area contributed by atoms with Gasteiger partial charge >= 0.3 is 0 Å². The molecule has 46 heavy (non-hydrogen) atoms. The van der Waals surface area contributed by atoms with Gasteiger partial charge < -0.3 is 10.2 Å². The van der Waals surface area contributed by atoms with Crippen LogP contribution in [0.25, 0.3) is 0 Å². The number of aromatic hydroxyl groups is 2. The average molecular weight is 669 g/mol. The van der Waals surface area contributed by atoms with Crippen molar-refractivity contribution >= 4 is 25.3 Å². The van der Waals surface area contributed by atoms with Crippen LogP contribution in [0.1, 0.15) is 167 Å². The summed E-state index contributed by atoms with van der Waals surface area (Å²) in [6.45, 7) is 18.4. The standard InChI is InChI=1S/2C21H34OS/c2*1-5-6-7-8-16-12-19(22)21(20(23)13-16)18-11-15(4)9-10-17(18)14(2)3/h2*12-15,17-18,22-23H,5-11H2,1-4H3/t15-,17+,18-;15-,17-,18+/m10/s1. The second kappa shape index (κ2) is 19.1. The van der Waals surface area contributed by atoms with Crippen LogP contribution < -0.4 is 0 Å². The van der Waals surface area contributed by atoms with E-state index in [0.717, 1.165) is 45.6 Å². The van der Waals surface area contributed by atoms with Crippen molar-refractivity contribution in [3.8, 4) is 11.5 Å². The number of phenolic OH excluding ortho intramolecular Hbond substituents is 2. The normalized spacial score (nSPS) is 25.0. The van der Waals surface area contributed by atoms with E-state index in [9.17, 15) is 10.2 Å². The number of aryl methyl sites for hydroxylation is 2.